The summed E-state index contributed by atoms with van der Waals surface area (Å²) in [6.45, 7) is 12.2. The second-order valence-corrected chi connectivity index (χ2v) is 13.1. The maximum absolute atomic E-state index is 12.2. The van der Waals surface area contributed by atoms with Crippen LogP contribution in [0.5, 0.6) is 0 Å². The first kappa shape index (κ1) is 21.9. The average molecular weight is 371 g/mol. The average Bonchev–Trinajstić information content (AvgIpc) is 2.45. The van der Waals surface area contributed by atoms with Gasteiger partial charge in [0.25, 0.3) is 0 Å². The maximum Gasteiger partial charge on any atom is 0.308 e. The lowest BCUT2D eigenvalue weighted by atomic mass is 9.85. The van der Waals surface area contributed by atoms with Gasteiger partial charge >= 0.3 is 11.9 Å². The van der Waals surface area contributed by atoms with Gasteiger partial charge in [-0.15, -0.1) is 0 Å². The molecule has 0 N–H and O–H groups in total. The molecule has 0 amide bonds. The molecule has 0 aromatic carbocycles. The summed E-state index contributed by atoms with van der Waals surface area (Å²) in [6.07, 6.45) is 6.94. The highest BCUT2D eigenvalue weighted by Crippen LogP contribution is 2.43. The van der Waals surface area contributed by atoms with Gasteiger partial charge in [-0.2, -0.15) is 0 Å². The smallest absolute Gasteiger partial charge is 0.308 e. The van der Waals surface area contributed by atoms with Crippen molar-refractivity contribution in [1.82, 2.24) is 0 Å². The van der Waals surface area contributed by atoms with Crippen molar-refractivity contribution in [3.8, 4) is 0 Å². The van der Waals surface area contributed by atoms with Gasteiger partial charge in [-0.05, 0) is 43.5 Å². The van der Waals surface area contributed by atoms with Crippen LogP contribution < -0.4 is 0 Å². The Morgan fingerprint density at radius 3 is 2.40 bits per heavy atom. The normalized spacial score (nSPS) is 26.3. The molecule has 0 heterocycles. The van der Waals surface area contributed by atoms with Crippen molar-refractivity contribution in [3.05, 3.63) is 12.2 Å². The first-order chi connectivity index (χ1) is 11.4. The lowest BCUT2D eigenvalue weighted by molar-refractivity contribution is -0.164. The van der Waals surface area contributed by atoms with Gasteiger partial charge in [0, 0.05) is 6.92 Å². The van der Waals surface area contributed by atoms with Crippen LogP contribution in [-0.4, -0.2) is 39.1 Å². The number of rotatable bonds is 5. The van der Waals surface area contributed by atoms with E-state index in [0.29, 0.717) is 6.42 Å². The minimum Gasteiger partial charge on any atom is -0.469 e. The fourth-order valence-electron chi connectivity index (χ4n) is 2.86. The highest BCUT2D eigenvalue weighted by atomic mass is 28.4. The molecule has 0 fully saturated rings. The largest absolute Gasteiger partial charge is 0.469 e. The van der Waals surface area contributed by atoms with Crippen molar-refractivity contribution >= 4 is 20.3 Å². The zero-order valence-electron chi connectivity index (χ0n) is 16.8. The zero-order valence-corrected chi connectivity index (χ0v) is 17.8. The summed E-state index contributed by atoms with van der Waals surface area (Å²) in [7, 11) is -0.832. The molecule has 0 radical (unpaired) electrons. The molecule has 0 bridgehead atoms. The number of esters is 2. The number of carbonyl (C=O) groups is 2. The molecule has 0 aromatic rings. The van der Waals surface area contributed by atoms with Crippen LogP contribution in [0.2, 0.25) is 18.1 Å². The van der Waals surface area contributed by atoms with Crippen LogP contribution in [0.4, 0.5) is 0 Å². The Morgan fingerprint density at radius 1 is 1.24 bits per heavy atom. The SMILES string of the molecule is COC(=O)CC1(O[Si](C)(C)C(C)(C)C)CCCC/C=C\C1OC(C)=O. The van der Waals surface area contributed by atoms with Gasteiger partial charge in [0.15, 0.2) is 8.32 Å². The maximum atomic E-state index is 12.2. The second-order valence-electron chi connectivity index (χ2n) is 8.38. The predicted octanol–water partition coefficient (Wildman–Crippen LogP) is 4.37. The molecular formula is C19H34O5Si. The third-order valence-electron chi connectivity index (χ3n) is 5.28. The van der Waals surface area contributed by atoms with Gasteiger partial charge in [0.05, 0.1) is 13.5 Å². The molecule has 144 valence electrons. The summed E-state index contributed by atoms with van der Waals surface area (Å²) in [5.41, 5.74) is -0.876. The third kappa shape index (κ3) is 5.96. The van der Waals surface area contributed by atoms with Crippen LogP contribution in [0.25, 0.3) is 0 Å². The molecule has 2 atom stereocenters. The van der Waals surface area contributed by atoms with E-state index in [2.05, 4.69) is 33.9 Å². The Bertz CT molecular complexity index is 506. The Hall–Kier alpha value is -1.14. The highest BCUT2D eigenvalue weighted by molar-refractivity contribution is 6.74. The van der Waals surface area contributed by atoms with E-state index in [1.54, 1.807) is 0 Å². The second kappa shape index (κ2) is 8.49. The van der Waals surface area contributed by atoms with E-state index >= 15 is 0 Å². The highest BCUT2D eigenvalue weighted by Gasteiger charge is 2.50. The first-order valence-corrected chi connectivity index (χ1v) is 12.0. The fourth-order valence-corrected chi connectivity index (χ4v) is 4.47. The summed E-state index contributed by atoms with van der Waals surface area (Å²) in [6, 6.07) is 0. The molecule has 0 spiro atoms. The van der Waals surface area contributed by atoms with Crippen LogP contribution >= 0.6 is 0 Å². The molecule has 0 saturated carbocycles. The van der Waals surface area contributed by atoms with E-state index in [1.807, 2.05) is 12.2 Å². The van der Waals surface area contributed by atoms with Crippen LogP contribution in [0.3, 0.4) is 0 Å². The molecule has 1 rings (SSSR count). The van der Waals surface area contributed by atoms with Gasteiger partial charge in [-0.25, -0.2) is 0 Å². The van der Waals surface area contributed by atoms with E-state index in [1.165, 1.54) is 14.0 Å². The van der Waals surface area contributed by atoms with Crippen molar-refractivity contribution in [2.45, 2.75) is 89.6 Å². The van der Waals surface area contributed by atoms with Crippen LogP contribution in [0, 0.1) is 0 Å². The Balaban J connectivity index is 3.36. The van der Waals surface area contributed by atoms with E-state index in [4.69, 9.17) is 13.9 Å². The topological polar surface area (TPSA) is 61.8 Å². The number of ether oxygens (including phenoxy) is 2. The first-order valence-electron chi connectivity index (χ1n) is 9.04. The van der Waals surface area contributed by atoms with Gasteiger partial charge < -0.3 is 13.9 Å². The quantitative estimate of drug-likeness (QED) is 0.408. The molecule has 0 aromatic heterocycles. The number of hydrogen-bond donors (Lipinski definition) is 0. The Labute approximate surface area is 153 Å². The predicted molar refractivity (Wildman–Crippen MR) is 101 cm³/mol. The summed E-state index contributed by atoms with van der Waals surface area (Å²) in [5, 5.41) is -0.0248. The van der Waals surface area contributed by atoms with Gasteiger partial charge in [0.1, 0.15) is 11.7 Å². The van der Waals surface area contributed by atoms with Crippen LogP contribution in [0.1, 0.15) is 59.8 Å². The number of hydrogen-bond acceptors (Lipinski definition) is 5. The Morgan fingerprint density at radius 2 is 1.88 bits per heavy atom. The molecule has 2 unspecified atom stereocenters. The summed E-state index contributed by atoms with van der Waals surface area (Å²) in [5.74, 6) is -0.715. The van der Waals surface area contributed by atoms with Crippen molar-refractivity contribution in [3.63, 3.8) is 0 Å². The summed E-state index contributed by atoms with van der Waals surface area (Å²) in [4.78, 5) is 23.9. The lowest BCUT2D eigenvalue weighted by Crippen LogP contribution is -2.57. The molecule has 0 aliphatic heterocycles. The minimum absolute atomic E-state index is 0.0248. The Kier molecular flexibility index (Phi) is 7.44. The molecule has 6 heteroatoms. The van der Waals surface area contributed by atoms with Crippen molar-refractivity contribution in [2.24, 2.45) is 0 Å². The molecule has 25 heavy (non-hydrogen) atoms. The van der Waals surface area contributed by atoms with Gasteiger partial charge in [-0.3, -0.25) is 9.59 Å². The van der Waals surface area contributed by atoms with E-state index < -0.39 is 20.0 Å². The van der Waals surface area contributed by atoms with Gasteiger partial charge in [0.2, 0.25) is 0 Å². The summed E-state index contributed by atoms with van der Waals surface area (Å²) >= 11 is 0. The molecule has 1 aliphatic rings. The van der Waals surface area contributed by atoms with Gasteiger partial charge in [-0.1, -0.05) is 33.3 Å². The molecule has 0 saturated heterocycles. The monoisotopic (exact) mass is 370 g/mol. The molecule has 1 aliphatic carbocycles. The molecular weight excluding hydrogens is 336 g/mol. The molecule has 5 nitrogen and oxygen atoms in total. The summed E-state index contributed by atoms with van der Waals surface area (Å²) < 4.78 is 17.3. The van der Waals surface area contributed by atoms with Crippen LogP contribution in [-0.2, 0) is 23.5 Å². The van der Waals surface area contributed by atoms with Crippen molar-refractivity contribution in [1.29, 1.82) is 0 Å². The fraction of sp³-hybridized carbons (Fsp3) is 0.789. The third-order valence-corrected chi connectivity index (χ3v) is 9.81. The van der Waals surface area contributed by atoms with Crippen molar-refractivity contribution < 1.29 is 23.5 Å². The van der Waals surface area contributed by atoms with Crippen molar-refractivity contribution in [2.75, 3.05) is 7.11 Å². The van der Waals surface area contributed by atoms with Crippen LogP contribution in [0.15, 0.2) is 12.2 Å². The van der Waals surface area contributed by atoms with E-state index in [0.717, 1.165) is 19.3 Å². The van der Waals surface area contributed by atoms with E-state index in [-0.39, 0.29) is 23.4 Å². The lowest BCUT2D eigenvalue weighted by Gasteiger charge is -2.48. The number of allylic oxidation sites excluding steroid dienone is 1. The standard InChI is InChI=1S/C19H34O5Si/c1-15(20)23-16-12-10-8-9-11-13-19(16,14-17(21)22-5)24-25(6,7)18(2,3)4/h10,12,16H,8-9,11,13-14H2,1-7H3/b12-10-. The number of carbonyl (C=O) groups excluding carboxylic acids is 2. The van der Waals surface area contributed by atoms with E-state index in [9.17, 15) is 9.59 Å². The number of methoxy groups -OCH3 is 1. The minimum atomic E-state index is -2.21. The zero-order chi connectivity index (χ0) is 19.3.